The second kappa shape index (κ2) is 31.5. The molecule has 1 aliphatic rings. The SMILES string of the molecule is CCCC/C=C/CCCCCCCC[C@H](O)C(=O)NC(CO[C@H]1O[C@H](C(=O)O)[C@@H](O)[C@H](O)[C@H]1O)C(O)CCCCCCCCC/C=C/CCCCC. The van der Waals surface area contributed by atoms with Gasteiger partial charge in [0.2, 0.25) is 5.91 Å². The van der Waals surface area contributed by atoms with Gasteiger partial charge in [0, 0.05) is 0 Å². The predicted octanol–water partition coefficient (Wildman–Crippen LogP) is 6.62. The van der Waals surface area contributed by atoms with Crippen molar-refractivity contribution in [2.45, 2.75) is 217 Å². The van der Waals surface area contributed by atoms with Gasteiger partial charge in [0.15, 0.2) is 12.4 Å². The van der Waals surface area contributed by atoms with Crippen LogP contribution in [0.2, 0.25) is 0 Å². The van der Waals surface area contributed by atoms with Crippen LogP contribution in [0.1, 0.15) is 168 Å². The minimum Gasteiger partial charge on any atom is -0.479 e. The van der Waals surface area contributed by atoms with Gasteiger partial charge < -0.3 is 45.4 Å². The van der Waals surface area contributed by atoms with Crippen molar-refractivity contribution in [3.05, 3.63) is 24.3 Å². The second-order valence-corrected chi connectivity index (χ2v) is 14.6. The van der Waals surface area contributed by atoms with Crippen LogP contribution in [-0.2, 0) is 19.1 Å². The first kappa shape index (κ1) is 48.2. The first-order chi connectivity index (χ1) is 25.1. The second-order valence-electron chi connectivity index (χ2n) is 14.6. The summed E-state index contributed by atoms with van der Waals surface area (Å²) in [5.41, 5.74) is 0. The maximum atomic E-state index is 13.0. The first-order valence-electron chi connectivity index (χ1n) is 20.6. The van der Waals surface area contributed by atoms with Gasteiger partial charge in [0.1, 0.15) is 24.4 Å². The molecular weight excluding hydrogens is 666 g/mol. The van der Waals surface area contributed by atoms with Crippen LogP contribution in [0.3, 0.4) is 0 Å². The summed E-state index contributed by atoms with van der Waals surface area (Å²) in [6, 6.07) is -0.990. The maximum absolute atomic E-state index is 13.0. The monoisotopic (exact) mass is 742 g/mol. The molecule has 0 aliphatic carbocycles. The number of carbonyl (C=O) groups excluding carboxylic acids is 1. The van der Waals surface area contributed by atoms with E-state index in [0.29, 0.717) is 19.3 Å². The largest absolute Gasteiger partial charge is 0.479 e. The number of aliphatic carboxylic acids is 1. The molecule has 11 heteroatoms. The lowest BCUT2D eigenvalue weighted by Crippen LogP contribution is -2.61. The van der Waals surface area contributed by atoms with Gasteiger partial charge in [-0.05, 0) is 57.8 Å². The zero-order valence-electron chi connectivity index (χ0n) is 32.4. The lowest BCUT2D eigenvalue weighted by molar-refractivity contribution is -0.295. The van der Waals surface area contributed by atoms with Crippen LogP contribution in [0.15, 0.2) is 24.3 Å². The Kier molecular flexibility index (Phi) is 29.2. The number of allylic oxidation sites excluding steroid dienone is 4. The van der Waals surface area contributed by atoms with Gasteiger partial charge in [-0.15, -0.1) is 0 Å². The zero-order chi connectivity index (χ0) is 38.4. The third kappa shape index (κ3) is 22.4. The molecule has 7 N–H and O–H groups in total. The Balaban J connectivity index is 2.52. The highest BCUT2D eigenvalue weighted by atomic mass is 16.7. The third-order valence-electron chi connectivity index (χ3n) is 9.85. The average Bonchev–Trinajstić information content (AvgIpc) is 3.13. The van der Waals surface area contributed by atoms with Crippen molar-refractivity contribution >= 4 is 11.9 Å². The Hall–Kier alpha value is -1.86. The molecule has 0 bridgehead atoms. The maximum Gasteiger partial charge on any atom is 0.335 e. The normalized spacial score (nSPS) is 22.6. The van der Waals surface area contributed by atoms with E-state index >= 15 is 0 Å². The lowest BCUT2D eigenvalue weighted by atomic mass is 9.99. The molecule has 0 radical (unpaired) electrons. The van der Waals surface area contributed by atoms with Gasteiger partial charge in [-0.1, -0.05) is 134 Å². The van der Waals surface area contributed by atoms with E-state index in [9.17, 15) is 40.2 Å². The number of rotatable bonds is 33. The van der Waals surface area contributed by atoms with E-state index in [1.807, 2.05) is 0 Å². The Morgan fingerprint density at radius 2 is 1.10 bits per heavy atom. The minimum atomic E-state index is -1.86. The number of amides is 1. The molecule has 0 aromatic rings. The fraction of sp³-hybridized carbons (Fsp3) is 0.854. The Morgan fingerprint density at radius 1 is 0.635 bits per heavy atom. The number of carboxylic acids is 1. The molecule has 0 saturated carbocycles. The van der Waals surface area contributed by atoms with Gasteiger partial charge in [0.05, 0.1) is 18.8 Å². The van der Waals surface area contributed by atoms with Crippen molar-refractivity contribution in [1.29, 1.82) is 0 Å². The fourth-order valence-electron chi connectivity index (χ4n) is 6.36. The number of carboxylic acid groups (broad SMARTS) is 1. The lowest BCUT2D eigenvalue weighted by Gasteiger charge is -2.39. The van der Waals surface area contributed by atoms with Crippen molar-refractivity contribution in [2.75, 3.05) is 6.61 Å². The van der Waals surface area contributed by atoms with E-state index in [-0.39, 0.29) is 13.0 Å². The number of hydrogen-bond acceptors (Lipinski definition) is 9. The third-order valence-corrected chi connectivity index (χ3v) is 9.85. The summed E-state index contributed by atoms with van der Waals surface area (Å²) in [6.07, 6.45) is 22.7. The standard InChI is InChI=1S/C41H75NO10/c1-3-5-7-9-11-13-15-17-18-20-21-23-25-27-29-33(43)32(31-51-41-37(47)35(45)36(46)38(52-41)40(49)50)42-39(48)34(44)30-28-26-24-22-19-16-14-12-10-8-6-4-2/h10-13,32-38,41,43-47H,3-9,14-31H2,1-2H3,(H,42,48)(H,49,50)/b12-10+,13-11+/t32?,33?,34-,35-,36-,37+,38-,41-/m0/s1. The molecule has 0 spiro atoms. The van der Waals surface area contributed by atoms with E-state index < -0.39 is 60.8 Å². The quantitative estimate of drug-likeness (QED) is 0.0285. The van der Waals surface area contributed by atoms with Crippen LogP contribution in [0, 0.1) is 0 Å². The van der Waals surface area contributed by atoms with Crippen molar-refractivity contribution < 1.29 is 49.7 Å². The van der Waals surface area contributed by atoms with Crippen LogP contribution in [0.25, 0.3) is 0 Å². The van der Waals surface area contributed by atoms with E-state index in [4.69, 9.17) is 9.47 Å². The zero-order valence-corrected chi connectivity index (χ0v) is 32.4. The molecule has 2 unspecified atom stereocenters. The minimum absolute atomic E-state index is 0.278. The Bertz CT molecular complexity index is 947. The number of unbranched alkanes of at least 4 members (excludes halogenated alkanes) is 18. The van der Waals surface area contributed by atoms with Crippen LogP contribution in [0.4, 0.5) is 0 Å². The van der Waals surface area contributed by atoms with Crippen molar-refractivity contribution in [2.24, 2.45) is 0 Å². The van der Waals surface area contributed by atoms with Gasteiger partial charge in [-0.3, -0.25) is 4.79 Å². The van der Waals surface area contributed by atoms with Crippen LogP contribution in [0.5, 0.6) is 0 Å². The highest BCUT2D eigenvalue weighted by Crippen LogP contribution is 2.23. The average molecular weight is 742 g/mol. The fourth-order valence-corrected chi connectivity index (χ4v) is 6.36. The summed E-state index contributed by atoms with van der Waals surface area (Å²) in [7, 11) is 0. The summed E-state index contributed by atoms with van der Waals surface area (Å²) >= 11 is 0. The molecule has 0 aromatic carbocycles. The van der Waals surface area contributed by atoms with Crippen LogP contribution >= 0.6 is 0 Å². The summed E-state index contributed by atoms with van der Waals surface area (Å²) < 4.78 is 10.8. The van der Waals surface area contributed by atoms with E-state index in [1.54, 1.807) is 0 Å². The molecule has 1 aliphatic heterocycles. The number of nitrogens with one attached hydrogen (secondary N) is 1. The smallest absolute Gasteiger partial charge is 0.335 e. The molecule has 1 heterocycles. The molecular formula is C41H75NO10. The topological polar surface area (TPSA) is 186 Å². The first-order valence-corrected chi connectivity index (χ1v) is 20.6. The molecule has 52 heavy (non-hydrogen) atoms. The molecule has 1 saturated heterocycles. The number of carbonyl (C=O) groups is 2. The molecule has 304 valence electrons. The van der Waals surface area contributed by atoms with Crippen LogP contribution in [-0.4, -0.2) is 98.1 Å². The summed E-state index contributed by atoms with van der Waals surface area (Å²) in [5, 5.41) is 64.2. The summed E-state index contributed by atoms with van der Waals surface area (Å²) in [6.45, 7) is 4.03. The number of hydrogen-bond donors (Lipinski definition) is 7. The number of aliphatic hydroxyl groups excluding tert-OH is 5. The molecule has 8 atom stereocenters. The highest BCUT2D eigenvalue weighted by molar-refractivity contribution is 5.80. The molecule has 11 nitrogen and oxygen atoms in total. The van der Waals surface area contributed by atoms with Crippen LogP contribution < -0.4 is 5.32 Å². The van der Waals surface area contributed by atoms with Crippen molar-refractivity contribution in [3.63, 3.8) is 0 Å². The van der Waals surface area contributed by atoms with Crippen molar-refractivity contribution in [1.82, 2.24) is 5.32 Å². The van der Waals surface area contributed by atoms with Crippen molar-refractivity contribution in [3.8, 4) is 0 Å². The summed E-state index contributed by atoms with van der Waals surface area (Å²) in [5.74, 6) is -2.19. The van der Waals surface area contributed by atoms with Gasteiger partial charge in [0.25, 0.3) is 0 Å². The molecule has 1 amide bonds. The Morgan fingerprint density at radius 3 is 1.62 bits per heavy atom. The van der Waals surface area contributed by atoms with Gasteiger partial charge in [-0.2, -0.15) is 0 Å². The highest BCUT2D eigenvalue weighted by Gasteiger charge is 2.47. The van der Waals surface area contributed by atoms with E-state index in [2.05, 4.69) is 43.5 Å². The molecule has 1 rings (SSSR count). The summed E-state index contributed by atoms with van der Waals surface area (Å²) in [4.78, 5) is 24.5. The van der Waals surface area contributed by atoms with Gasteiger partial charge in [-0.25, -0.2) is 4.79 Å². The molecule has 1 fully saturated rings. The number of aliphatic hydroxyl groups is 5. The number of ether oxygens (including phenoxy) is 2. The molecule has 0 aromatic heterocycles. The van der Waals surface area contributed by atoms with E-state index in [0.717, 1.165) is 77.0 Å². The Labute approximate surface area is 314 Å². The predicted molar refractivity (Wildman–Crippen MR) is 205 cm³/mol. The van der Waals surface area contributed by atoms with E-state index in [1.165, 1.54) is 51.4 Å². The van der Waals surface area contributed by atoms with Gasteiger partial charge >= 0.3 is 5.97 Å².